The van der Waals surface area contributed by atoms with Crippen LogP contribution < -0.4 is 10.2 Å². The number of carboxylic acids is 2. The van der Waals surface area contributed by atoms with Crippen LogP contribution in [0.4, 0.5) is 0 Å². The molecule has 6 heteroatoms. The van der Waals surface area contributed by atoms with E-state index >= 15 is 0 Å². The van der Waals surface area contributed by atoms with Crippen LogP contribution in [0.15, 0.2) is 0 Å². The Labute approximate surface area is 247 Å². The molecule has 0 unspecified atom stereocenters. The van der Waals surface area contributed by atoms with Crippen LogP contribution in [-0.2, 0) is 36.9 Å². The molecule has 0 aliphatic heterocycles. The van der Waals surface area contributed by atoms with Crippen molar-refractivity contribution in [1.29, 1.82) is 0 Å². The average Bonchev–Trinajstić information content (AvgIpc) is 2.65. The van der Waals surface area contributed by atoms with Gasteiger partial charge in [-0.05, 0) is 25.7 Å². The van der Waals surface area contributed by atoms with Gasteiger partial charge in [0.1, 0.15) is 0 Å². The average molecular weight is 650 g/mol. The Hall–Kier alpha value is 1.43. The zero-order valence-corrected chi connectivity index (χ0v) is 23.5. The van der Waals surface area contributed by atoms with Gasteiger partial charge in [-0.2, -0.15) is 0 Å². The number of aliphatic carboxylic acids is 2. The van der Waals surface area contributed by atoms with E-state index in [1.807, 2.05) is 0 Å². The Bertz CT molecular complexity index is 309. The Kier molecular flexibility index (Phi) is 45.2. The predicted molar refractivity (Wildman–Crippen MR) is 122 cm³/mol. The summed E-state index contributed by atoms with van der Waals surface area (Å²) in [7, 11) is 0. The van der Waals surface area contributed by atoms with Gasteiger partial charge in [-0.3, -0.25) is 0 Å². The van der Waals surface area contributed by atoms with Crippen LogP contribution in [-0.4, -0.2) is 60.8 Å². The summed E-state index contributed by atoms with van der Waals surface area (Å²) in [5.41, 5.74) is 0. The van der Waals surface area contributed by atoms with Gasteiger partial charge in [0.15, 0.2) is 0 Å². The summed E-state index contributed by atoms with van der Waals surface area (Å²) in [6, 6.07) is 0. The van der Waals surface area contributed by atoms with Crippen molar-refractivity contribution in [1.82, 2.24) is 0 Å². The van der Waals surface area contributed by atoms with Gasteiger partial charge in [-0.15, -0.1) is 0 Å². The van der Waals surface area contributed by atoms with Crippen LogP contribution >= 0.6 is 0 Å². The van der Waals surface area contributed by atoms with E-state index in [0.29, 0.717) is 0 Å². The first-order chi connectivity index (χ1) is 13.5. The number of carbonyl (C=O) groups is 2. The fourth-order valence-corrected chi connectivity index (χ4v) is 3.16. The largest absolute Gasteiger partial charge is 2.00 e. The third-order valence-corrected chi connectivity index (χ3v) is 4.97. The van der Waals surface area contributed by atoms with Gasteiger partial charge in [0.25, 0.3) is 0 Å². The van der Waals surface area contributed by atoms with Crippen molar-refractivity contribution in [3.8, 4) is 0 Å². The van der Waals surface area contributed by atoms with Crippen molar-refractivity contribution < 1.29 is 47.1 Å². The van der Waals surface area contributed by atoms with Gasteiger partial charge in [0.2, 0.25) is 0 Å². The van der Waals surface area contributed by atoms with Crippen LogP contribution in [0.1, 0.15) is 142 Å². The summed E-state index contributed by atoms with van der Waals surface area (Å²) in [4.78, 5) is 20.2. The molecule has 0 aromatic carbocycles. The number of hydrogen-bond donors (Lipinski definition) is 0. The molecule has 0 amide bonds. The van der Waals surface area contributed by atoms with E-state index in [-0.39, 0.29) is 89.0 Å². The molecule has 0 aromatic rings. The molecule has 0 spiro atoms. The smallest absolute Gasteiger partial charge is 2.00 e. The van der Waals surface area contributed by atoms with Crippen molar-refractivity contribution in [2.45, 2.75) is 142 Å². The predicted octanol–water partition coefficient (Wildman–Crippen LogP) is 4.40. The minimum atomic E-state index is -0.909. The van der Waals surface area contributed by atoms with Crippen molar-refractivity contribution >= 4 is 60.8 Å². The topological polar surface area (TPSA) is 80.3 Å². The van der Waals surface area contributed by atoms with Crippen molar-refractivity contribution in [2.24, 2.45) is 0 Å². The first-order valence-electron chi connectivity index (χ1n) is 11.9. The van der Waals surface area contributed by atoms with E-state index in [0.717, 1.165) is 25.7 Å². The van der Waals surface area contributed by atoms with Gasteiger partial charge < -0.3 is 19.8 Å². The SMILES string of the molecule is CCCCCCCCCCCC(=O)[O-].CCCCCCCCCCCC(=O)[O-].[BaH2].[Cd+2]. The first kappa shape index (κ1) is 38.7. The van der Waals surface area contributed by atoms with E-state index < -0.39 is 11.9 Å². The molecular weight excluding hydrogens is 602 g/mol. The van der Waals surface area contributed by atoms with Gasteiger partial charge in [-0.25, -0.2) is 0 Å². The second kappa shape index (κ2) is 35.0. The molecule has 0 N–H and O–H groups in total. The molecule has 30 heavy (non-hydrogen) atoms. The van der Waals surface area contributed by atoms with Gasteiger partial charge >= 0.3 is 76.2 Å². The normalized spacial score (nSPS) is 9.67. The molecule has 0 aliphatic rings. The third kappa shape index (κ3) is 43.3. The van der Waals surface area contributed by atoms with Crippen molar-refractivity contribution in [2.75, 3.05) is 0 Å². The van der Waals surface area contributed by atoms with Gasteiger partial charge in [0.05, 0.1) is 0 Å². The Morgan fingerprint density at radius 2 is 0.667 bits per heavy atom. The van der Waals surface area contributed by atoms with E-state index in [9.17, 15) is 19.8 Å². The van der Waals surface area contributed by atoms with E-state index in [1.165, 1.54) is 89.9 Å². The zero-order valence-electron chi connectivity index (χ0n) is 19.5. The first-order valence-corrected chi connectivity index (χ1v) is 11.9. The van der Waals surface area contributed by atoms with E-state index in [2.05, 4.69) is 13.8 Å². The number of carboxylic acid groups (broad SMARTS) is 2. The minimum Gasteiger partial charge on any atom is 2.00 e. The van der Waals surface area contributed by atoms with Crippen LogP contribution in [0.25, 0.3) is 0 Å². The maximum atomic E-state index is 10.1. The summed E-state index contributed by atoms with van der Waals surface area (Å²) in [5.74, 6) is -1.82. The molecule has 0 aliphatic carbocycles. The standard InChI is InChI=1S/2C12H24O2.Ba.Cd.2H/c2*1-2-3-4-5-6-7-8-9-10-11-12(13)14;;;;/h2*2-11H2,1H3,(H,13,14);;;;/q;;;+2;;/p-2. The summed E-state index contributed by atoms with van der Waals surface area (Å²) < 4.78 is 0. The summed E-state index contributed by atoms with van der Waals surface area (Å²) in [5, 5.41) is 20.2. The second-order valence-electron chi connectivity index (χ2n) is 7.90. The maximum absolute atomic E-state index is 10.1. The number of hydrogen-bond acceptors (Lipinski definition) is 4. The Morgan fingerprint density at radius 1 is 0.467 bits per heavy atom. The molecule has 0 saturated carbocycles. The van der Waals surface area contributed by atoms with Crippen molar-refractivity contribution in [3.05, 3.63) is 0 Å². The molecule has 4 nitrogen and oxygen atoms in total. The Morgan fingerprint density at radius 3 is 0.867 bits per heavy atom. The molecule has 172 valence electrons. The summed E-state index contributed by atoms with van der Waals surface area (Å²) in [6.07, 6.45) is 22.3. The number of unbranched alkanes of at least 4 members (excludes halogenated alkanes) is 16. The fourth-order valence-electron chi connectivity index (χ4n) is 3.16. The molecule has 0 fully saturated rings. The minimum absolute atomic E-state index is 0. The number of rotatable bonds is 20. The van der Waals surface area contributed by atoms with E-state index in [4.69, 9.17) is 0 Å². The molecule has 0 atom stereocenters. The molecule has 0 rings (SSSR count). The fraction of sp³-hybridized carbons (Fsp3) is 0.917. The molecule has 0 saturated heterocycles. The second-order valence-corrected chi connectivity index (χ2v) is 7.90. The molecule has 0 radical (unpaired) electrons. The van der Waals surface area contributed by atoms with E-state index in [1.54, 1.807) is 0 Å². The van der Waals surface area contributed by atoms with Gasteiger partial charge in [0, 0.05) is 11.9 Å². The summed E-state index contributed by atoms with van der Waals surface area (Å²) >= 11 is 0. The zero-order chi connectivity index (χ0) is 21.3. The molecule has 0 aromatic heterocycles. The monoisotopic (exact) mass is 652 g/mol. The van der Waals surface area contributed by atoms with Crippen LogP contribution in [0.5, 0.6) is 0 Å². The molecule has 0 heterocycles. The van der Waals surface area contributed by atoms with Crippen LogP contribution in [0.2, 0.25) is 0 Å². The van der Waals surface area contributed by atoms with Crippen LogP contribution in [0, 0.1) is 0 Å². The number of carbonyl (C=O) groups excluding carboxylic acids is 2. The third-order valence-electron chi connectivity index (χ3n) is 4.97. The quantitative estimate of drug-likeness (QED) is 0.145. The molecular formula is C24H48BaCdO4. The maximum Gasteiger partial charge on any atom is 2.00 e. The van der Waals surface area contributed by atoms with Crippen molar-refractivity contribution in [3.63, 3.8) is 0 Å². The molecule has 0 bridgehead atoms. The Balaban J connectivity index is -0.000000211. The van der Waals surface area contributed by atoms with Crippen LogP contribution in [0.3, 0.4) is 0 Å². The summed E-state index contributed by atoms with van der Waals surface area (Å²) in [6.45, 7) is 4.44. The van der Waals surface area contributed by atoms with Gasteiger partial charge in [-0.1, -0.05) is 117 Å².